The van der Waals surface area contributed by atoms with E-state index >= 15 is 0 Å². The van der Waals surface area contributed by atoms with Gasteiger partial charge in [-0.15, -0.1) is 0 Å². The Morgan fingerprint density at radius 1 is 1.05 bits per heavy atom. The molecule has 218 valence electrons. The fourth-order valence-corrected chi connectivity index (χ4v) is 6.64. The smallest absolute Gasteiger partial charge is 0.310 e. The Hall–Kier alpha value is -2.93. The topological polar surface area (TPSA) is 51.7 Å². The van der Waals surface area contributed by atoms with Gasteiger partial charge < -0.3 is 14.4 Å². The minimum atomic E-state index is -0.231. The first-order chi connectivity index (χ1) is 19.8. The van der Waals surface area contributed by atoms with Gasteiger partial charge in [-0.05, 0) is 87.3 Å². The Bertz CT molecular complexity index is 1340. The Kier molecular flexibility index (Phi) is 9.32. The van der Waals surface area contributed by atoms with Crippen molar-refractivity contribution in [1.82, 2.24) is 4.98 Å². The van der Waals surface area contributed by atoms with Crippen molar-refractivity contribution in [3.63, 3.8) is 0 Å². The second kappa shape index (κ2) is 12.9. The highest BCUT2D eigenvalue weighted by molar-refractivity contribution is 9.08. The Morgan fingerprint density at radius 3 is 2.32 bits per heavy atom. The highest BCUT2D eigenvalue weighted by Gasteiger charge is 2.40. The summed E-state index contributed by atoms with van der Waals surface area (Å²) in [7, 11) is 0. The van der Waals surface area contributed by atoms with Gasteiger partial charge in [-0.2, -0.15) is 0 Å². The third-order valence-electron chi connectivity index (χ3n) is 8.64. The summed E-state index contributed by atoms with van der Waals surface area (Å²) in [6.45, 7) is 8.24. The lowest BCUT2D eigenvalue weighted by atomic mass is 9.63. The van der Waals surface area contributed by atoms with E-state index in [1.54, 1.807) is 12.1 Å². The van der Waals surface area contributed by atoms with Crippen molar-refractivity contribution >= 4 is 27.6 Å². The molecule has 3 aromatic rings. The van der Waals surface area contributed by atoms with E-state index in [2.05, 4.69) is 33.0 Å². The number of halogens is 2. The van der Waals surface area contributed by atoms with Crippen LogP contribution < -0.4 is 9.64 Å². The molecule has 2 heterocycles. The number of hydrogen-bond acceptors (Lipinski definition) is 5. The first-order valence-electron chi connectivity index (χ1n) is 14.8. The van der Waals surface area contributed by atoms with Gasteiger partial charge >= 0.3 is 5.97 Å². The summed E-state index contributed by atoms with van der Waals surface area (Å²) < 4.78 is 24.8. The number of ether oxygens (including phenoxy) is 2. The van der Waals surface area contributed by atoms with Crippen LogP contribution in [0.15, 0.2) is 48.5 Å². The van der Waals surface area contributed by atoms with Crippen LogP contribution in [0.5, 0.6) is 5.75 Å². The molecule has 5 nitrogen and oxygen atoms in total. The van der Waals surface area contributed by atoms with Gasteiger partial charge in [0.15, 0.2) is 0 Å². The third-order valence-corrected chi connectivity index (χ3v) is 9.17. The first kappa shape index (κ1) is 29.6. The maximum atomic E-state index is 13.2. The second-order valence-electron chi connectivity index (χ2n) is 11.8. The summed E-state index contributed by atoms with van der Waals surface area (Å²) in [5, 5.41) is 0.612. The highest BCUT2D eigenvalue weighted by Crippen LogP contribution is 2.50. The van der Waals surface area contributed by atoms with Gasteiger partial charge in [0.25, 0.3) is 0 Å². The lowest BCUT2D eigenvalue weighted by molar-refractivity contribution is -0.146. The number of piperidine rings is 1. The summed E-state index contributed by atoms with van der Waals surface area (Å²) in [5.41, 5.74) is 7.59. The van der Waals surface area contributed by atoms with Gasteiger partial charge in [-0.3, -0.25) is 9.78 Å². The van der Waals surface area contributed by atoms with E-state index in [0.29, 0.717) is 23.8 Å². The maximum absolute atomic E-state index is 13.2. The number of pyridine rings is 1. The van der Waals surface area contributed by atoms with Gasteiger partial charge in [0.05, 0.1) is 30.5 Å². The highest BCUT2D eigenvalue weighted by atomic mass is 79.9. The van der Waals surface area contributed by atoms with Crippen molar-refractivity contribution in [1.29, 1.82) is 0 Å². The van der Waals surface area contributed by atoms with Crippen LogP contribution in [0.1, 0.15) is 68.5 Å². The second-order valence-corrected chi connectivity index (χ2v) is 12.3. The predicted molar refractivity (Wildman–Crippen MR) is 165 cm³/mol. The van der Waals surface area contributed by atoms with Crippen LogP contribution in [0, 0.1) is 18.2 Å². The van der Waals surface area contributed by atoms with Crippen LogP contribution in [0.3, 0.4) is 0 Å². The van der Waals surface area contributed by atoms with Crippen LogP contribution in [-0.4, -0.2) is 36.8 Å². The van der Waals surface area contributed by atoms with Crippen LogP contribution in [0.2, 0.25) is 0 Å². The van der Waals surface area contributed by atoms with Gasteiger partial charge in [-0.25, -0.2) is 4.39 Å². The minimum absolute atomic E-state index is 0.162. The zero-order chi connectivity index (χ0) is 29.0. The van der Waals surface area contributed by atoms with Crippen molar-refractivity contribution < 1.29 is 18.7 Å². The third kappa shape index (κ3) is 6.94. The molecule has 2 fully saturated rings. The van der Waals surface area contributed by atoms with Crippen molar-refractivity contribution in [3.05, 3.63) is 76.9 Å². The molecule has 1 aliphatic carbocycles. The van der Waals surface area contributed by atoms with Crippen molar-refractivity contribution in [3.8, 4) is 16.9 Å². The average Bonchev–Trinajstić information content (AvgIpc) is 2.94. The molecule has 0 atom stereocenters. The van der Waals surface area contributed by atoms with Gasteiger partial charge in [0.1, 0.15) is 11.6 Å². The number of carbonyl (C=O) groups excluding carboxylic acids is 1. The number of aromatic nitrogens is 1. The largest absolute Gasteiger partial charge is 0.493 e. The molecule has 0 radical (unpaired) electrons. The summed E-state index contributed by atoms with van der Waals surface area (Å²) in [4.78, 5) is 20.4. The monoisotopic (exact) mass is 622 g/mol. The van der Waals surface area contributed by atoms with Crippen molar-refractivity contribution in [2.24, 2.45) is 5.41 Å². The van der Waals surface area contributed by atoms with E-state index in [1.807, 2.05) is 32.9 Å². The number of nitrogens with zero attached hydrogens (tertiary/aromatic N) is 2. The SMILES string of the molecule is Cc1nc(CBr)c(-c2ccc(OCCc3ccc(F)cc3)cc2)c(N2CCC3(CCC3)CC2)c1CC(=O)OC(C)C. The standard InChI is InChI=1S/C34H40BrFN2O3/c1-23(2)41-31(39)21-29-24(3)37-30(22-35)32(33(29)38-18-16-34(17-19-38)14-4-15-34)26-7-11-28(12-8-26)40-20-13-25-5-9-27(36)10-6-25/h5-12,23H,4,13-22H2,1-3H3. The fourth-order valence-electron chi connectivity index (χ4n) is 6.23. The molecule has 5 rings (SSSR count). The number of esters is 1. The number of anilines is 1. The average molecular weight is 624 g/mol. The molecule has 2 aliphatic rings. The van der Waals surface area contributed by atoms with E-state index in [1.165, 1.54) is 44.2 Å². The molecule has 1 saturated heterocycles. The quantitative estimate of drug-likeness (QED) is 0.169. The molecule has 1 spiro atoms. The van der Waals surface area contributed by atoms with Crippen LogP contribution in [0.25, 0.3) is 11.1 Å². The zero-order valence-corrected chi connectivity index (χ0v) is 25.9. The number of rotatable bonds is 10. The summed E-state index contributed by atoms with van der Waals surface area (Å²) >= 11 is 3.70. The zero-order valence-electron chi connectivity index (χ0n) is 24.3. The molecule has 0 N–H and O–H groups in total. The summed E-state index contributed by atoms with van der Waals surface area (Å²) in [6, 6.07) is 14.7. The number of alkyl halides is 1. The van der Waals surface area contributed by atoms with E-state index in [9.17, 15) is 9.18 Å². The lowest BCUT2D eigenvalue weighted by Gasteiger charge is -2.49. The summed E-state index contributed by atoms with van der Waals surface area (Å²) in [5.74, 6) is 0.328. The van der Waals surface area contributed by atoms with Crippen LogP contribution in [-0.2, 0) is 27.7 Å². The summed E-state index contributed by atoms with van der Waals surface area (Å²) in [6.07, 6.45) is 7.14. The van der Waals surface area contributed by atoms with Gasteiger partial charge in [0, 0.05) is 41.7 Å². The lowest BCUT2D eigenvalue weighted by Crippen LogP contribution is -2.44. The Morgan fingerprint density at radius 2 is 1.73 bits per heavy atom. The van der Waals surface area contributed by atoms with Crippen molar-refractivity contribution in [2.45, 2.75) is 77.2 Å². The molecule has 0 amide bonds. The Labute approximate surface area is 251 Å². The van der Waals surface area contributed by atoms with E-state index < -0.39 is 0 Å². The molecule has 7 heteroatoms. The molecular formula is C34H40BrFN2O3. The number of benzene rings is 2. The van der Waals surface area contributed by atoms with E-state index in [-0.39, 0.29) is 24.3 Å². The molecule has 0 bridgehead atoms. The molecular weight excluding hydrogens is 583 g/mol. The predicted octanol–water partition coefficient (Wildman–Crippen LogP) is 7.98. The number of carbonyl (C=O) groups is 1. The number of hydrogen-bond donors (Lipinski definition) is 0. The van der Waals surface area contributed by atoms with Crippen molar-refractivity contribution in [2.75, 3.05) is 24.6 Å². The van der Waals surface area contributed by atoms with Gasteiger partial charge in [0.2, 0.25) is 0 Å². The van der Waals surface area contributed by atoms with E-state index in [4.69, 9.17) is 14.5 Å². The minimum Gasteiger partial charge on any atom is -0.493 e. The van der Waals surface area contributed by atoms with E-state index in [0.717, 1.165) is 58.2 Å². The normalized spacial score (nSPS) is 16.1. The Balaban J connectivity index is 1.44. The first-order valence-corrected chi connectivity index (χ1v) is 15.9. The molecule has 41 heavy (non-hydrogen) atoms. The molecule has 2 aromatic carbocycles. The van der Waals surface area contributed by atoms with Crippen LogP contribution in [0.4, 0.5) is 10.1 Å². The molecule has 1 aliphatic heterocycles. The number of aryl methyl sites for hydroxylation is 1. The fraction of sp³-hybridized carbons (Fsp3) is 0.471. The molecule has 0 unspecified atom stereocenters. The molecule has 1 aromatic heterocycles. The maximum Gasteiger partial charge on any atom is 0.310 e. The molecule has 1 saturated carbocycles. The van der Waals surface area contributed by atoms with Crippen LogP contribution >= 0.6 is 15.9 Å². The van der Waals surface area contributed by atoms with Gasteiger partial charge in [-0.1, -0.05) is 46.6 Å².